The van der Waals surface area contributed by atoms with E-state index in [0.29, 0.717) is 11.8 Å². The summed E-state index contributed by atoms with van der Waals surface area (Å²) in [7, 11) is 0. The van der Waals surface area contributed by atoms with Crippen LogP contribution < -0.4 is 0 Å². The van der Waals surface area contributed by atoms with Gasteiger partial charge in [-0.3, -0.25) is 0 Å². The van der Waals surface area contributed by atoms with Gasteiger partial charge in [-0.25, -0.2) is 0 Å². The summed E-state index contributed by atoms with van der Waals surface area (Å²) in [5, 5.41) is 18.8. The Bertz CT molecular complexity index is 121. The van der Waals surface area contributed by atoms with Crippen molar-refractivity contribution in [1.82, 2.24) is 0 Å². The summed E-state index contributed by atoms with van der Waals surface area (Å²) in [6.45, 7) is 0. The summed E-state index contributed by atoms with van der Waals surface area (Å²) in [5.74, 6) is 0.822. The highest BCUT2D eigenvalue weighted by atomic mass is 16.3. The zero-order chi connectivity index (χ0) is 7.14. The fraction of sp³-hybridized carbons (Fsp3) is 1.00. The molecule has 0 amide bonds. The van der Waals surface area contributed by atoms with Crippen molar-refractivity contribution in [3.63, 3.8) is 0 Å². The molecule has 2 rings (SSSR count). The molecular formula is C8H14O2. The van der Waals surface area contributed by atoms with E-state index < -0.39 is 0 Å². The standard InChI is InChI=1S/C8H14O2/c9-7-3-5-1-2-6(4-7)8(5)10/h5-10H,1-4H2/t5-,6+,7?,8?. The van der Waals surface area contributed by atoms with Gasteiger partial charge in [-0.2, -0.15) is 0 Å². The lowest BCUT2D eigenvalue weighted by Gasteiger charge is -2.28. The highest BCUT2D eigenvalue weighted by molar-refractivity contribution is 4.91. The zero-order valence-electron chi connectivity index (χ0n) is 6.03. The molecule has 2 aliphatic carbocycles. The van der Waals surface area contributed by atoms with Crippen LogP contribution in [0.4, 0.5) is 0 Å². The maximum absolute atomic E-state index is 9.52. The maximum atomic E-state index is 9.52. The number of rotatable bonds is 0. The summed E-state index contributed by atoms with van der Waals surface area (Å²) in [6, 6.07) is 0. The van der Waals surface area contributed by atoms with E-state index in [2.05, 4.69) is 0 Å². The predicted molar refractivity (Wildman–Crippen MR) is 37.5 cm³/mol. The Morgan fingerprint density at radius 1 is 0.900 bits per heavy atom. The van der Waals surface area contributed by atoms with Crippen LogP contribution in [0.15, 0.2) is 0 Å². The molecule has 2 saturated carbocycles. The Kier molecular flexibility index (Phi) is 1.46. The SMILES string of the molecule is OC1C[C@H]2CC[C@@H](C1)C2O. The molecule has 0 aromatic heterocycles. The Hall–Kier alpha value is -0.0800. The van der Waals surface area contributed by atoms with Crippen LogP contribution in [-0.4, -0.2) is 22.4 Å². The van der Waals surface area contributed by atoms with E-state index in [0.717, 1.165) is 25.7 Å². The molecule has 0 saturated heterocycles. The van der Waals surface area contributed by atoms with Crippen LogP contribution in [0.1, 0.15) is 25.7 Å². The molecule has 2 nitrogen and oxygen atoms in total. The molecular weight excluding hydrogens is 128 g/mol. The van der Waals surface area contributed by atoms with Gasteiger partial charge < -0.3 is 10.2 Å². The molecule has 0 aromatic carbocycles. The first-order chi connectivity index (χ1) is 4.77. The molecule has 2 aliphatic rings. The summed E-state index contributed by atoms with van der Waals surface area (Å²) in [4.78, 5) is 0. The van der Waals surface area contributed by atoms with Crippen LogP contribution >= 0.6 is 0 Å². The third-order valence-electron chi connectivity index (χ3n) is 3.02. The largest absolute Gasteiger partial charge is 0.393 e. The van der Waals surface area contributed by atoms with Crippen LogP contribution in [0.5, 0.6) is 0 Å². The van der Waals surface area contributed by atoms with Crippen molar-refractivity contribution >= 4 is 0 Å². The van der Waals surface area contributed by atoms with Gasteiger partial charge in [0.05, 0.1) is 12.2 Å². The normalized spacial score (nSPS) is 53.4. The van der Waals surface area contributed by atoms with E-state index in [1.165, 1.54) is 0 Å². The van der Waals surface area contributed by atoms with Crippen LogP contribution in [0.3, 0.4) is 0 Å². The summed E-state index contributed by atoms with van der Waals surface area (Å²) < 4.78 is 0. The predicted octanol–water partition coefficient (Wildman–Crippen LogP) is 0.528. The maximum Gasteiger partial charge on any atom is 0.0598 e. The number of aliphatic hydroxyl groups excluding tert-OH is 2. The minimum absolute atomic E-state index is 0.0941. The van der Waals surface area contributed by atoms with Crippen molar-refractivity contribution in [2.24, 2.45) is 11.8 Å². The van der Waals surface area contributed by atoms with Crippen LogP contribution in [0, 0.1) is 11.8 Å². The van der Waals surface area contributed by atoms with E-state index in [9.17, 15) is 10.2 Å². The van der Waals surface area contributed by atoms with Crippen LogP contribution in [0.2, 0.25) is 0 Å². The first-order valence-corrected chi connectivity index (χ1v) is 4.13. The van der Waals surface area contributed by atoms with Crippen molar-refractivity contribution in [2.75, 3.05) is 0 Å². The third-order valence-corrected chi connectivity index (χ3v) is 3.02. The molecule has 58 valence electrons. The first kappa shape index (κ1) is 6.62. The molecule has 0 aromatic rings. The Balaban J connectivity index is 2.09. The van der Waals surface area contributed by atoms with Gasteiger partial charge in [-0.15, -0.1) is 0 Å². The van der Waals surface area contributed by atoms with E-state index in [4.69, 9.17) is 0 Å². The molecule has 0 radical (unpaired) electrons. The monoisotopic (exact) mass is 142 g/mol. The van der Waals surface area contributed by atoms with Gasteiger partial charge in [0.25, 0.3) is 0 Å². The molecule has 2 unspecified atom stereocenters. The quantitative estimate of drug-likeness (QED) is 0.518. The van der Waals surface area contributed by atoms with Crippen molar-refractivity contribution in [1.29, 1.82) is 0 Å². The molecule has 0 aliphatic heterocycles. The lowest BCUT2D eigenvalue weighted by Crippen LogP contribution is -2.32. The van der Waals surface area contributed by atoms with Gasteiger partial charge >= 0.3 is 0 Å². The fourth-order valence-electron chi connectivity index (χ4n) is 2.46. The molecule has 2 bridgehead atoms. The minimum atomic E-state index is -0.124. The topological polar surface area (TPSA) is 40.5 Å². The van der Waals surface area contributed by atoms with Gasteiger partial charge in [0, 0.05) is 0 Å². The van der Waals surface area contributed by atoms with Gasteiger partial charge in [0.15, 0.2) is 0 Å². The fourth-order valence-corrected chi connectivity index (χ4v) is 2.46. The van der Waals surface area contributed by atoms with Crippen molar-refractivity contribution in [3.05, 3.63) is 0 Å². The van der Waals surface area contributed by atoms with E-state index in [-0.39, 0.29) is 12.2 Å². The summed E-state index contributed by atoms with van der Waals surface area (Å²) in [6.07, 6.45) is 3.70. The summed E-state index contributed by atoms with van der Waals surface area (Å²) >= 11 is 0. The van der Waals surface area contributed by atoms with Crippen molar-refractivity contribution in [3.8, 4) is 0 Å². The minimum Gasteiger partial charge on any atom is -0.393 e. The zero-order valence-corrected chi connectivity index (χ0v) is 6.03. The lowest BCUT2D eigenvalue weighted by molar-refractivity contribution is -0.00184. The molecule has 10 heavy (non-hydrogen) atoms. The molecule has 2 heteroatoms. The van der Waals surface area contributed by atoms with Gasteiger partial charge in [0.1, 0.15) is 0 Å². The van der Waals surface area contributed by atoms with Gasteiger partial charge in [-0.1, -0.05) is 0 Å². The average molecular weight is 142 g/mol. The molecule has 4 atom stereocenters. The van der Waals surface area contributed by atoms with Gasteiger partial charge in [0.2, 0.25) is 0 Å². The number of fused-ring (bicyclic) bond motifs is 2. The smallest absolute Gasteiger partial charge is 0.0598 e. The highest BCUT2D eigenvalue weighted by Crippen LogP contribution is 2.41. The highest BCUT2D eigenvalue weighted by Gasteiger charge is 2.40. The second kappa shape index (κ2) is 2.21. The van der Waals surface area contributed by atoms with Crippen molar-refractivity contribution < 1.29 is 10.2 Å². The first-order valence-electron chi connectivity index (χ1n) is 4.13. The Morgan fingerprint density at radius 2 is 1.40 bits per heavy atom. The second-order valence-corrected chi connectivity index (χ2v) is 3.71. The second-order valence-electron chi connectivity index (χ2n) is 3.71. The van der Waals surface area contributed by atoms with E-state index >= 15 is 0 Å². The lowest BCUT2D eigenvalue weighted by atomic mass is 9.84. The Labute approximate surface area is 60.9 Å². The molecule has 2 fully saturated rings. The Morgan fingerprint density at radius 3 is 1.90 bits per heavy atom. The van der Waals surface area contributed by atoms with Gasteiger partial charge in [-0.05, 0) is 37.5 Å². The number of aliphatic hydroxyl groups is 2. The number of hydrogen-bond donors (Lipinski definition) is 2. The summed E-state index contributed by atoms with van der Waals surface area (Å²) in [5.41, 5.74) is 0. The molecule has 0 spiro atoms. The third kappa shape index (κ3) is 0.867. The number of hydrogen-bond acceptors (Lipinski definition) is 2. The van der Waals surface area contributed by atoms with Crippen LogP contribution in [-0.2, 0) is 0 Å². The van der Waals surface area contributed by atoms with Crippen molar-refractivity contribution in [2.45, 2.75) is 37.9 Å². The van der Waals surface area contributed by atoms with Crippen LogP contribution in [0.25, 0.3) is 0 Å². The van der Waals surface area contributed by atoms with E-state index in [1.807, 2.05) is 0 Å². The molecule has 2 N–H and O–H groups in total. The van der Waals surface area contributed by atoms with E-state index in [1.54, 1.807) is 0 Å². The molecule has 0 heterocycles. The average Bonchev–Trinajstić information content (AvgIpc) is 2.20.